The van der Waals surface area contributed by atoms with E-state index < -0.39 is 10.8 Å². The SMILES string of the molecule is c1ccc(N(c2ccc3c4c(c5ccccc5c3c2)-c2cc3ccccc3cc2C42c3ccccc3-c3ccccc32)c2ccc3c4c(c5ccccc5c3c2)-c2cc3ccccc3cc2C42c3ccccc3-c3ccccc32)cc1. The molecule has 0 atom stereocenters. The predicted molar refractivity (Wildman–Crippen MR) is 339 cm³/mol. The van der Waals surface area contributed by atoms with Gasteiger partial charge in [0.25, 0.3) is 0 Å². The molecule has 15 aromatic carbocycles. The maximum absolute atomic E-state index is 2.52. The molecule has 0 saturated carbocycles. The van der Waals surface area contributed by atoms with Crippen molar-refractivity contribution < 1.29 is 0 Å². The zero-order valence-corrected chi connectivity index (χ0v) is 44.1. The molecule has 0 N–H and O–H groups in total. The van der Waals surface area contributed by atoms with Crippen molar-refractivity contribution in [2.24, 2.45) is 0 Å². The lowest BCUT2D eigenvalue weighted by Crippen LogP contribution is -2.26. The normalized spacial score (nSPS) is 14.1. The molecule has 4 aliphatic rings. The van der Waals surface area contributed by atoms with Gasteiger partial charge in [-0.15, -0.1) is 0 Å². The second-order valence-corrected chi connectivity index (χ2v) is 22.9. The van der Waals surface area contributed by atoms with E-state index in [1.165, 1.54) is 154 Å². The Morgan fingerprint density at radius 2 is 0.531 bits per heavy atom. The van der Waals surface area contributed by atoms with Crippen molar-refractivity contribution in [1.82, 2.24) is 0 Å². The first kappa shape index (κ1) is 43.6. The first-order valence-corrected chi connectivity index (χ1v) is 28.5. The average molecular weight is 1020 g/mol. The summed E-state index contributed by atoms with van der Waals surface area (Å²) in [4.78, 5) is 2.50. The van der Waals surface area contributed by atoms with Gasteiger partial charge in [0.05, 0.1) is 10.8 Å². The molecule has 0 aliphatic heterocycles. The zero-order valence-electron chi connectivity index (χ0n) is 44.1. The Morgan fingerprint density at radius 1 is 0.198 bits per heavy atom. The third-order valence-corrected chi connectivity index (χ3v) is 19.3. The average Bonchev–Trinajstić information content (AvgIpc) is 1.82. The summed E-state index contributed by atoms with van der Waals surface area (Å²) in [5, 5.41) is 15.2. The van der Waals surface area contributed by atoms with Crippen LogP contribution in [0.4, 0.5) is 17.1 Å². The minimum absolute atomic E-state index is 0.533. The number of para-hydroxylation sites is 1. The number of rotatable bonds is 3. The van der Waals surface area contributed by atoms with Crippen LogP contribution in [-0.2, 0) is 10.8 Å². The standard InChI is InChI=1S/C80H47N/c1-2-24-52(25-3-1)81(53-38-40-63-65(46-53)55-26-8-10-32-61(55)75-67-42-48-20-4-6-22-50(48)44-73(67)79(77(63)75)69-34-16-12-28-57(69)58-29-13-17-35-70(58)79)54-39-41-64-66(47-54)56-27-9-11-33-62(56)76-68-43-49-21-5-7-23-51(49)45-74(68)80(78(64)76)71-36-18-14-30-59(71)60-31-15-19-37-72(60)80/h1-47H. The first-order chi connectivity index (χ1) is 40.2. The van der Waals surface area contributed by atoms with Gasteiger partial charge in [0.2, 0.25) is 0 Å². The Balaban J connectivity index is 0.896. The highest BCUT2D eigenvalue weighted by atomic mass is 15.1. The lowest BCUT2D eigenvalue weighted by Gasteiger charge is -2.33. The summed E-state index contributed by atoms with van der Waals surface area (Å²) in [5.41, 5.74) is 23.7. The summed E-state index contributed by atoms with van der Waals surface area (Å²) in [6, 6.07) is 109. The Bertz CT molecular complexity index is 4910. The molecule has 0 unspecified atom stereocenters. The predicted octanol–water partition coefficient (Wildman–Crippen LogP) is 20.8. The number of hydrogen-bond acceptors (Lipinski definition) is 1. The highest BCUT2D eigenvalue weighted by Crippen LogP contribution is 2.68. The molecule has 0 radical (unpaired) electrons. The minimum atomic E-state index is -0.533. The highest BCUT2D eigenvalue weighted by molar-refractivity contribution is 6.23. The molecule has 2 spiro atoms. The molecular formula is C80H47N. The molecule has 0 fully saturated rings. The van der Waals surface area contributed by atoms with Gasteiger partial charge < -0.3 is 4.90 Å². The number of fused-ring (bicyclic) bond motifs is 32. The van der Waals surface area contributed by atoms with Crippen LogP contribution in [0.3, 0.4) is 0 Å². The molecule has 0 amide bonds. The lowest BCUT2D eigenvalue weighted by molar-refractivity contribution is 0.803. The largest absolute Gasteiger partial charge is 0.310 e. The molecule has 4 aliphatic carbocycles. The number of nitrogens with zero attached hydrogens (tertiary/aromatic N) is 1. The molecule has 0 aromatic heterocycles. The van der Waals surface area contributed by atoms with Crippen molar-refractivity contribution in [3.63, 3.8) is 0 Å². The fourth-order valence-corrected chi connectivity index (χ4v) is 16.4. The van der Waals surface area contributed by atoms with Gasteiger partial charge in [-0.05, 0) is 214 Å². The van der Waals surface area contributed by atoms with E-state index in [2.05, 4.69) is 290 Å². The smallest absolute Gasteiger partial charge is 0.0731 e. The van der Waals surface area contributed by atoms with Crippen LogP contribution in [0.15, 0.2) is 285 Å². The topological polar surface area (TPSA) is 3.24 Å². The molecule has 1 nitrogen and oxygen atoms in total. The van der Waals surface area contributed by atoms with Crippen LogP contribution < -0.4 is 4.90 Å². The maximum atomic E-state index is 2.52. The van der Waals surface area contributed by atoms with E-state index in [1.54, 1.807) is 0 Å². The first-order valence-electron chi connectivity index (χ1n) is 28.5. The van der Waals surface area contributed by atoms with Crippen molar-refractivity contribution in [2.75, 3.05) is 4.90 Å². The molecule has 15 aromatic rings. The molecule has 81 heavy (non-hydrogen) atoms. The van der Waals surface area contributed by atoms with E-state index in [1.807, 2.05) is 0 Å². The number of hydrogen-bond donors (Lipinski definition) is 0. The number of benzene rings is 15. The second kappa shape index (κ2) is 15.7. The van der Waals surface area contributed by atoms with Crippen molar-refractivity contribution in [1.29, 1.82) is 0 Å². The van der Waals surface area contributed by atoms with Gasteiger partial charge in [-0.25, -0.2) is 0 Å². The molecule has 0 saturated heterocycles. The van der Waals surface area contributed by atoms with Crippen molar-refractivity contribution in [2.45, 2.75) is 10.8 Å². The van der Waals surface area contributed by atoms with Crippen LogP contribution in [-0.4, -0.2) is 0 Å². The van der Waals surface area contributed by atoms with Crippen LogP contribution in [0.5, 0.6) is 0 Å². The van der Waals surface area contributed by atoms with E-state index in [4.69, 9.17) is 0 Å². The zero-order chi connectivity index (χ0) is 52.7. The van der Waals surface area contributed by atoms with Gasteiger partial charge in [-0.3, -0.25) is 0 Å². The van der Waals surface area contributed by atoms with Gasteiger partial charge in [-0.2, -0.15) is 0 Å². The van der Waals surface area contributed by atoms with Crippen molar-refractivity contribution in [3.05, 3.63) is 330 Å². The van der Waals surface area contributed by atoms with Crippen LogP contribution in [0.2, 0.25) is 0 Å². The third-order valence-electron chi connectivity index (χ3n) is 19.3. The molecular weight excluding hydrogens is 975 g/mol. The summed E-state index contributed by atoms with van der Waals surface area (Å²) >= 11 is 0. The summed E-state index contributed by atoms with van der Waals surface area (Å²) in [6.07, 6.45) is 0. The van der Waals surface area contributed by atoms with Crippen LogP contribution in [0.1, 0.15) is 44.5 Å². The second-order valence-electron chi connectivity index (χ2n) is 22.9. The lowest BCUT2D eigenvalue weighted by atomic mass is 9.69. The minimum Gasteiger partial charge on any atom is -0.310 e. The van der Waals surface area contributed by atoms with Gasteiger partial charge in [-0.1, -0.05) is 224 Å². The van der Waals surface area contributed by atoms with Gasteiger partial charge in [0, 0.05) is 17.1 Å². The van der Waals surface area contributed by atoms with Gasteiger partial charge >= 0.3 is 0 Å². The van der Waals surface area contributed by atoms with Crippen molar-refractivity contribution in [3.8, 4) is 44.5 Å². The maximum Gasteiger partial charge on any atom is 0.0731 e. The van der Waals surface area contributed by atoms with Crippen LogP contribution >= 0.6 is 0 Å². The molecule has 1 heteroatoms. The summed E-state index contributed by atoms with van der Waals surface area (Å²) in [5.74, 6) is 0. The quantitative estimate of drug-likeness (QED) is 0.159. The Morgan fingerprint density at radius 3 is 0.938 bits per heavy atom. The molecule has 0 heterocycles. The van der Waals surface area contributed by atoms with E-state index in [9.17, 15) is 0 Å². The van der Waals surface area contributed by atoms with Gasteiger partial charge in [0.1, 0.15) is 0 Å². The van der Waals surface area contributed by atoms with E-state index in [-0.39, 0.29) is 0 Å². The Hall–Kier alpha value is -10.3. The fourth-order valence-electron chi connectivity index (χ4n) is 16.4. The fraction of sp³-hybridized carbons (Fsp3) is 0.0250. The Kier molecular flexibility index (Phi) is 8.45. The third kappa shape index (κ3) is 5.37. The monoisotopic (exact) mass is 1020 g/mol. The van der Waals surface area contributed by atoms with Crippen LogP contribution in [0.25, 0.3) is 109 Å². The van der Waals surface area contributed by atoms with Crippen molar-refractivity contribution >= 4 is 81.7 Å². The number of anilines is 3. The summed E-state index contributed by atoms with van der Waals surface area (Å²) < 4.78 is 0. The summed E-state index contributed by atoms with van der Waals surface area (Å²) in [7, 11) is 0. The molecule has 0 bridgehead atoms. The van der Waals surface area contributed by atoms with Crippen LogP contribution in [0, 0.1) is 0 Å². The highest BCUT2D eigenvalue weighted by Gasteiger charge is 2.55. The summed E-state index contributed by atoms with van der Waals surface area (Å²) in [6.45, 7) is 0. The van der Waals surface area contributed by atoms with E-state index >= 15 is 0 Å². The van der Waals surface area contributed by atoms with Gasteiger partial charge in [0.15, 0.2) is 0 Å². The molecule has 372 valence electrons. The van der Waals surface area contributed by atoms with E-state index in [0.29, 0.717) is 0 Å². The van der Waals surface area contributed by atoms with E-state index in [0.717, 1.165) is 17.1 Å². The molecule has 19 rings (SSSR count). The Labute approximate surface area is 468 Å².